The van der Waals surface area contributed by atoms with Crippen LogP contribution < -0.4 is 0 Å². The smallest absolute Gasteiger partial charge is 0.241 e. The van der Waals surface area contributed by atoms with Crippen molar-refractivity contribution in [3.8, 4) is 11.4 Å². The summed E-state index contributed by atoms with van der Waals surface area (Å²) in [6.45, 7) is 3.14. The highest BCUT2D eigenvalue weighted by atomic mass is 32.2. The fourth-order valence-corrected chi connectivity index (χ4v) is 5.87. The van der Waals surface area contributed by atoms with Crippen LogP contribution >= 0.6 is 11.3 Å². The van der Waals surface area contributed by atoms with Gasteiger partial charge in [0.25, 0.3) is 0 Å². The quantitative estimate of drug-likeness (QED) is 0.629. The van der Waals surface area contributed by atoms with Gasteiger partial charge in [-0.25, -0.2) is 8.42 Å². The van der Waals surface area contributed by atoms with Crippen molar-refractivity contribution in [2.24, 2.45) is 0 Å². The number of benzene rings is 1. The van der Waals surface area contributed by atoms with Crippen molar-refractivity contribution in [3.63, 3.8) is 0 Å². The van der Waals surface area contributed by atoms with Crippen LogP contribution in [0.4, 0.5) is 0 Å². The summed E-state index contributed by atoms with van der Waals surface area (Å²) in [5, 5.41) is 6.13. The van der Waals surface area contributed by atoms with Crippen molar-refractivity contribution in [1.29, 1.82) is 0 Å². The van der Waals surface area contributed by atoms with Crippen LogP contribution in [0.2, 0.25) is 0 Å². The van der Waals surface area contributed by atoms with E-state index < -0.39 is 9.84 Å². The summed E-state index contributed by atoms with van der Waals surface area (Å²) in [6.07, 6.45) is 0.645. The molecule has 0 bridgehead atoms. The lowest BCUT2D eigenvalue weighted by Crippen LogP contribution is -2.35. The van der Waals surface area contributed by atoms with E-state index in [0.717, 1.165) is 11.1 Å². The molecule has 4 rings (SSSR count). The molecule has 3 aromatic rings. The van der Waals surface area contributed by atoms with E-state index in [1.54, 1.807) is 11.3 Å². The zero-order valence-corrected chi connectivity index (χ0v) is 16.7. The van der Waals surface area contributed by atoms with E-state index in [-0.39, 0.29) is 17.5 Å². The molecule has 1 atom stereocenters. The SMILES string of the molecule is Cc1cccc(-c2noc(CN(Cc3cccs3)[C@H]3CCS(=O)(=O)C3)n2)c1. The Bertz CT molecular complexity index is 1010. The largest absolute Gasteiger partial charge is 0.338 e. The third-order valence-corrected chi connectivity index (χ3v) is 7.36. The lowest BCUT2D eigenvalue weighted by molar-refractivity contribution is 0.170. The lowest BCUT2D eigenvalue weighted by atomic mass is 10.1. The molecule has 1 aliphatic heterocycles. The van der Waals surface area contributed by atoms with Crippen LogP contribution in [0.15, 0.2) is 46.3 Å². The molecule has 2 aromatic heterocycles. The summed E-state index contributed by atoms with van der Waals surface area (Å²) in [4.78, 5) is 7.87. The van der Waals surface area contributed by atoms with E-state index in [9.17, 15) is 8.42 Å². The Morgan fingerprint density at radius 3 is 2.85 bits per heavy atom. The van der Waals surface area contributed by atoms with Crippen molar-refractivity contribution in [2.75, 3.05) is 11.5 Å². The average molecular weight is 404 g/mol. The van der Waals surface area contributed by atoms with Crippen LogP contribution in [0, 0.1) is 6.92 Å². The molecule has 6 nitrogen and oxygen atoms in total. The molecule has 0 amide bonds. The highest BCUT2D eigenvalue weighted by molar-refractivity contribution is 7.91. The summed E-state index contributed by atoms with van der Waals surface area (Å²) in [5.41, 5.74) is 2.05. The van der Waals surface area contributed by atoms with Gasteiger partial charge >= 0.3 is 0 Å². The van der Waals surface area contributed by atoms with Gasteiger partial charge in [-0.2, -0.15) is 4.98 Å². The second kappa shape index (κ2) is 7.53. The van der Waals surface area contributed by atoms with E-state index in [1.807, 2.05) is 42.6 Å². The molecule has 1 aromatic carbocycles. The second-order valence-electron chi connectivity index (χ2n) is 6.92. The Kier molecular flexibility index (Phi) is 5.12. The van der Waals surface area contributed by atoms with Gasteiger partial charge in [0.2, 0.25) is 11.7 Å². The normalized spacial score (nSPS) is 19.0. The first kappa shape index (κ1) is 18.3. The molecule has 142 valence electrons. The maximum absolute atomic E-state index is 11.9. The molecule has 0 unspecified atom stereocenters. The van der Waals surface area contributed by atoms with E-state index in [4.69, 9.17) is 4.52 Å². The maximum atomic E-state index is 11.9. The van der Waals surface area contributed by atoms with Gasteiger partial charge in [-0.3, -0.25) is 4.90 Å². The van der Waals surface area contributed by atoms with Crippen LogP contribution in [0.3, 0.4) is 0 Å². The maximum Gasteiger partial charge on any atom is 0.241 e. The minimum absolute atomic E-state index is 0.0218. The van der Waals surface area contributed by atoms with Gasteiger partial charge in [0.15, 0.2) is 9.84 Å². The number of sulfone groups is 1. The molecule has 0 saturated carbocycles. The summed E-state index contributed by atoms with van der Waals surface area (Å²) >= 11 is 1.67. The predicted molar refractivity (Wildman–Crippen MR) is 105 cm³/mol. The van der Waals surface area contributed by atoms with Crippen LogP contribution in [0.1, 0.15) is 22.8 Å². The summed E-state index contributed by atoms with van der Waals surface area (Å²) in [7, 11) is -2.96. The molecule has 27 heavy (non-hydrogen) atoms. The molecular weight excluding hydrogens is 382 g/mol. The Hall–Kier alpha value is -2.03. The first-order valence-electron chi connectivity index (χ1n) is 8.85. The number of aromatic nitrogens is 2. The minimum atomic E-state index is -2.96. The van der Waals surface area contributed by atoms with Gasteiger partial charge in [-0.1, -0.05) is 35.0 Å². The molecular formula is C19H21N3O3S2. The van der Waals surface area contributed by atoms with E-state index in [2.05, 4.69) is 21.1 Å². The highest BCUT2D eigenvalue weighted by Crippen LogP contribution is 2.24. The molecule has 1 aliphatic rings. The highest BCUT2D eigenvalue weighted by Gasteiger charge is 2.33. The van der Waals surface area contributed by atoms with Crippen LogP contribution in [-0.4, -0.2) is 41.0 Å². The fraction of sp³-hybridized carbons (Fsp3) is 0.368. The number of nitrogens with zero attached hydrogens (tertiary/aromatic N) is 3. The zero-order chi connectivity index (χ0) is 18.9. The lowest BCUT2D eigenvalue weighted by Gasteiger charge is -2.25. The summed E-state index contributed by atoms with van der Waals surface area (Å²) in [6, 6.07) is 12.0. The number of hydrogen-bond donors (Lipinski definition) is 0. The van der Waals surface area contributed by atoms with Crippen molar-refractivity contribution in [2.45, 2.75) is 32.5 Å². The monoisotopic (exact) mass is 403 g/mol. The second-order valence-corrected chi connectivity index (χ2v) is 10.2. The molecule has 1 saturated heterocycles. The first-order chi connectivity index (χ1) is 13.0. The number of aryl methyl sites for hydroxylation is 1. The van der Waals surface area contributed by atoms with Gasteiger partial charge in [-0.05, 0) is 30.9 Å². The molecule has 8 heteroatoms. The summed E-state index contributed by atoms with van der Waals surface area (Å²) in [5.74, 6) is 1.50. The van der Waals surface area contributed by atoms with E-state index in [1.165, 1.54) is 4.88 Å². The Labute approximate surface area is 162 Å². The Morgan fingerprint density at radius 1 is 1.26 bits per heavy atom. The molecule has 0 N–H and O–H groups in total. The standard InChI is InChI=1S/C19H21N3O3S2/c1-14-4-2-5-15(10-14)19-20-18(25-21-19)12-22(11-17-6-3-8-26-17)16-7-9-27(23,24)13-16/h2-6,8,10,16H,7,9,11-13H2,1H3/t16-/m0/s1. The summed E-state index contributed by atoms with van der Waals surface area (Å²) < 4.78 is 29.4. The predicted octanol–water partition coefficient (Wildman–Crippen LogP) is 3.30. The first-order valence-corrected chi connectivity index (χ1v) is 11.6. The minimum Gasteiger partial charge on any atom is -0.338 e. The zero-order valence-electron chi connectivity index (χ0n) is 15.0. The third kappa shape index (κ3) is 4.45. The number of rotatable bonds is 6. The average Bonchev–Trinajstić information content (AvgIpc) is 3.35. The van der Waals surface area contributed by atoms with Crippen molar-refractivity contribution in [1.82, 2.24) is 15.0 Å². The third-order valence-electron chi connectivity index (χ3n) is 4.75. The van der Waals surface area contributed by atoms with Crippen LogP contribution in [0.25, 0.3) is 11.4 Å². The van der Waals surface area contributed by atoms with Gasteiger partial charge < -0.3 is 4.52 Å². The van der Waals surface area contributed by atoms with Gasteiger partial charge in [0, 0.05) is 23.0 Å². The van der Waals surface area contributed by atoms with Crippen LogP contribution in [-0.2, 0) is 22.9 Å². The van der Waals surface area contributed by atoms with Crippen LogP contribution in [0.5, 0.6) is 0 Å². The molecule has 0 aliphatic carbocycles. The topological polar surface area (TPSA) is 76.3 Å². The van der Waals surface area contributed by atoms with Gasteiger partial charge in [0.1, 0.15) is 0 Å². The van der Waals surface area contributed by atoms with Crippen molar-refractivity contribution in [3.05, 3.63) is 58.1 Å². The number of hydrogen-bond acceptors (Lipinski definition) is 7. The Balaban J connectivity index is 1.54. The molecule has 3 heterocycles. The molecule has 0 spiro atoms. The van der Waals surface area contributed by atoms with Gasteiger partial charge in [-0.15, -0.1) is 11.3 Å². The van der Waals surface area contributed by atoms with Crippen molar-refractivity contribution < 1.29 is 12.9 Å². The van der Waals surface area contributed by atoms with Gasteiger partial charge in [0.05, 0.1) is 18.1 Å². The van der Waals surface area contributed by atoms with Crippen molar-refractivity contribution >= 4 is 21.2 Å². The van der Waals surface area contributed by atoms with E-state index >= 15 is 0 Å². The molecule has 1 fully saturated rings. The Morgan fingerprint density at radius 2 is 2.15 bits per heavy atom. The number of thiophene rings is 1. The van der Waals surface area contributed by atoms with E-state index in [0.29, 0.717) is 31.2 Å². The fourth-order valence-electron chi connectivity index (χ4n) is 3.37. The molecule has 0 radical (unpaired) electrons.